The average molecular weight is 250 g/mol. The molecule has 0 spiro atoms. The van der Waals surface area contributed by atoms with Gasteiger partial charge in [0, 0.05) is 23.9 Å². The number of hydrogen-bond donors (Lipinski definition) is 2. The summed E-state index contributed by atoms with van der Waals surface area (Å²) in [4.78, 5) is 11.1. The van der Waals surface area contributed by atoms with Crippen molar-refractivity contribution in [2.45, 2.75) is 12.5 Å². The van der Waals surface area contributed by atoms with Crippen molar-refractivity contribution in [1.82, 2.24) is 0 Å². The smallest absolute Gasteiger partial charge is 0.336 e. The molecule has 2 aromatic rings. The minimum Gasteiger partial charge on any atom is -0.493 e. The van der Waals surface area contributed by atoms with Crippen LogP contribution in [0.5, 0.6) is 5.75 Å². The van der Waals surface area contributed by atoms with Gasteiger partial charge in [-0.1, -0.05) is 0 Å². The Balaban J connectivity index is 2.07. The highest BCUT2D eigenvalue weighted by molar-refractivity contribution is 5.77. The lowest BCUT2D eigenvalue weighted by atomic mass is 10.2. The van der Waals surface area contributed by atoms with E-state index in [1.54, 1.807) is 24.3 Å². The summed E-state index contributed by atoms with van der Waals surface area (Å²) in [7, 11) is 0. The lowest BCUT2D eigenvalue weighted by Gasteiger charge is -2.09. The van der Waals surface area contributed by atoms with Crippen LogP contribution in [0.2, 0.25) is 0 Å². The first-order valence-electron chi connectivity index (χ1n) is 5.64. The van der Waals surface area contributed by atoms with E-state index in [4.69, 9.17) is 19.4 Å². The molecule has 1 aromatic heterocycles. The normalized spacial score (nSPS) is 12.6. The molecule has 1 unspecified atom stereocenters. The molecule has 5 nitrogen and oxygen atoms in total. The van der Waals surface area contributed by atoms with Crippen LogP contribution in [0.4, 0.5) is 0 Å². The van der Waals surface area contributed by atoms with E-state index in [-0.39, 0.29) is 13.2 Å². The molecule has 0 bridgehead atoms. The first-order valence-corrected chi connectivity index (χ1v) is 5.64. The number of fused-ring (bicyclic) bond motifs is 1. The van der Waals surface area contributed by atoms with Crippen LogP contribution in [0, 0.1) is 0 Å². The van der Waals surface area contributed by atoms with Gasteiger partial charge in [0.1, 0.15) is 11.3 Å². The van der Waals surface area contributed by atoms with E-state index in [0.29, 0.717) is 17.8 Å². The van der Waals surface area contributed by atoms with Gasteiger partial charge in [-0.25, -0.2) is 4.79 Å². The summed E-state index contributed by atoms with van der Waals surface area (Å²) in [6.07, 6.45) is -0.434. The topological polar surface area (TPSA) is 79.9 Å². The predicted molar refractivity (Wildman–Crippen MR) is 65.7 cm³/mol. The van der Waals surface area contributed by atoms with Crippen molar-refractivity contribution in [3.05, 3.63) is 40.8 Å². The second kappa shape index (κ2) is 5.66. The molecule has 0 radical (unpaired) electrons. The summed E-state index contributed by atoms with van der Waals surface area (Å²) < 4.78 is 10.4. The quantitative estimate of drug-likeness (QED) is 0.771. The highest BCUT2D eigenvalue weighted by atomic mass is 16.5. The Hall–Kier alpha value is -1.85. The first-order chi connectivity index (χ1) is 8.69. The van der Waals surface area contributed by atoms with Gasteiger partial charge in [0.2, 0.25) is 0 Å². The Labute approximate surface area is 103 Å². The maximum Gasteiger partial charge on any atom is 0.336 e. The first kappa shape index (κ1) is 12.6. The third-order valence-corrected chi connectivity index (χ3v) is 2.53. The second-order valence-electron chi connectivity index (χ2n) is 3.93. The average Bonchev–Trinajstić information content (AvgIpc) is 2.38. The highest BCUT2D eigenvalue weighted by Crippen LogP contribution is 2.19. The third kappa shape index (κ3) is 3.09. The molecule has 0 aliphatic carbocycles. The molecule has 0 aliphatic rings. The van der Waals surface area contributed by atoms with Crippen LogP contribution in [-0.4, -0.2) is 29.5 Å². The molecule has 2 N–H and O–H groups in total. The van der Waals surface area contributed by atoms with Crippen LogP contribution >= 0.6 is 0 Å². The molecule has 0 aliphatic heterocycles. The van der Waals surface area contributed by atoms with E-state index < -0.39 is 11.7 Å². The van der Waals surface area contributed by atoms with Gasteiger partial charge in [0.25, 0.3) is 0 Å². The number of ether oxygens (including phenoxy) is 1. The van der Waals surface area contributed by atoms with Crippen molar-refractivity contribution in [1.29, 1.82) is 0 Å². The second-order valence-corrected chi connectivity index (χ2v) is 3.93. The molecule has 1 aromatic carbocycles. The van der Waals surface area contributed by atoms with Crippen LogP contribution in [0.1, 0.15) is 6.42 Å². The van der Waals surface area contributed by atoms with Gasteiger partial charge < -0.3 is 19.4 Å². The Morgan fingerprint density at radius 2 is 2.06 bits per heavy atom. The van der Waals surface area contributed by atoms with Crippen LogP contribution in [-0.2, 0) is 0 Å². The van der Waals surface area contributed by atoms with Gasteiger partial charge in [-0.2, -0.15) is 0 Å². The highest BCUT2D eigenvalue weighted by Gasteiger charge is 2.03. The van der Waals surface area contributed by atoms with Crippen molar-refractivity contribution < 1.29 is 19.4 Å². The zero-order valence-corrected chi connectivity index (χ0v) is 9.70. The van der Waals surface area contributed by atoms with Gasteiger partial charge in [-0.15, -0.1) is 0 Å². The van der Waals surface area contributed by atoms with E-state index in [1.165, 1.54) is 6.07 Å². The van der Waals surface area contributed by atoms with Crippen molar-refractivity contribution in [3.63, 3.8) is 0 Å². The summed E-state index contributed by atoms with van der Waals surface area (Å²) in [5.74, 6) is 0.557. The summed E-state index contributed by atoms with van der Waals surface area (Å²) in [6, 6.07) is 8.22. The van der Waals surface area contributed by atoms with E-state index in [0.717, 1.165) is 5.39 Å². The number of benzene rings is 1. The number of hydrogen-bond acceptors (Lipinski definition) is 5. The zero-order chi connectivity index (χ0) is 13.0. The lowest BCUT2D eigenvalue weighted by Crippen LogP contribution is -2.15. The molecule has 1 heterocycles. The zero-order valence-electron chi connectivity index (χ0n) is 9.70. The molecule has 96 valence electrons. The molecular formula is C13H14O5. The van der Waals surface area contributed by atoms with Gasteiger partial charge in [0.15, 0.2) is 0 Å². The number of rotatable bonds is 5. The van der Waals surface area contributed by atoms with Gasteiger partial charge in [0.05, 0.1) is 19.3 Å². The van der Waals surface area contributed by atoms with E-state index in [2.05, 4.69) is 0 Å². The minimum absolute atomic E-state index is 0.282. The molecule has 0 amide bonds. The summed E-state index contributed by atoms with van der Waals surface area (Å²) in [6.45, 7) is 0.000252. The monoisotopic (exact) mass is 250 g/mol. The van der Waals surface area contributed by atoms with E-state index in [9.17, 15) is 4.79 Å². The molecule has 18 heavy (non-hydrogen) atoms. The standard InChI is InChI=1S/C13H14O5/c14-8-10(15)5-6-17-11-3-1-9-2-4-13(16)18-12(9)7-11/h1-4,7,10,14-15H,5-6,8H2. The van der Waals surface area contributed by atoms with Crippen molar-refractivity contribution in [2.75, 3.05) is 13.2 Å². The van der Waals surface area contributed by atoms with Crippen LogP contribution < -0.4 is 10.4 Å². The molecule has 0 saturated carbocycles. The fourth-order valence-corrected chi connectivity index (χ4v) is 1.53. The van der Waals surface area contributed by atoms with Crippen molar-refractivity contribution in [3.8, 4) is 5.75 Å². The molecule has 2 rings (SSSR count). The van der Waals surface area contributed by atoms with Gasteiger partial charge in [-0.05, 0) is 18.2 Å². The van der Waals surface area contributed by atoms with Gasteiger partial charge in [-0.3, -0.25) is 0 Å². The Morgan fingerprint density at radius 3 is 2.83 bits per heavy atom. The number of aliphatic hydroxyl groups excluding tert-OH is 2. The summed E-state index contributed by atoms with van der Waals surface area (Å²) in [5, 5.41) is 18.6. The SMILES string of the molecule is O=c1ccc2ccc(OCCC(O)CO)cc2o1. The van der Waals surface area contributed by atoms with Crippen molar-refractivity contribution in [2.24, 2.45) is 0 Å². The van der Waals surface area contributed by atoms with Crippen molar-refractivity contribution >= 4 is 11.0 Å². The largest absolute Gasteiger partial charge is 0.493 e. The molecule has 5 heteroatoms. The molecule has 1 atom stereocenters. The maximum atomic E-state index is 11.1. The molecular weight excluding hydrogens is 236 g/mol. The third-order valence-electron chi connectivity index (χ3n) is 2.53. The van der Waals surface area contributed by atoms with Gasteiger partial charge >= 0.3 is 5.63 Å². The minimum atomic E-state index is -0.775. The fourth-order valence-electron chi connectivity index (χ4n) is 1.53. The summed E-state index contributed by atoms with van der Waals surface area (Å²) >= 11 is 0. The maximum absolute atomic E-state index is 11.1. The molecule has 0 fully saturated rings. The van der Waals surface area contributed by atoms with E-state index >= 15 is 0 Å². The Bertz CT molecular complexity index is 575. The molecule has 0 saturated heterocycles. The van der Waals surface area contributed by atoms with Crippen LogP contribution in [0.15, 0.2) is 39.5 Å². The predicted octanol–water partition coefficient (Wildman–Crippen LogP) is 0.915. The Kier molecular flexibility index (Phi) is 3.96. The summed E-state index contributed by atoms with van der Waals surface area (Å²) in [5.41, 5.74) is 0.0538. The number of aliphatic hydroxyl groups is 2. The van der Waals surface area contributed by atoms with E-state index in [1.807, 2.05) is 0 Å². The fraction of sp³-hybridized carbons (Fsp3) is 0.308. The van der Waals surface area contributed by atoms with Crippen LogP contribution in [0.3, 0.4) is 0 Å². The lowest BCUT2D eigenvalue weighted by molar-refractivity contribution is 0.0754. The van der Waals surface area contributed by atoms with Crippen LogP contribution in [0.25, 0.3) is 11.0 Å². The Morgan fingerprint density at radius 1 is 1.28 bits per heavy atom.